The molecule has 0 N–H and O–H groups in total. The lowest BCUT2D eigenvalue weighted by atomic mass is 9.94. The van der Waals surface area contributed by atoms with Gasteiger partial charge in [-0.15, -0.1) is 0 Å². The molecule has 0 saturated carbocycles. The number of hydrogen-bond donors (Lipinski definition) is 0. The van der Waals surface area contributed by atoms with Crippen molar-refractivity contribution in [2.75, 3.05) is 25.1 Å². The van der Waals surface area contributed by atoms with Gasteiger partial charge in [-0.1, -0.05) is 42.5 Å². The van der Waals surface area contributed by atoms with E-state index in [0.717, 1.165) is 39.3 Å². The van der Waals surface area contributed by atoms with Crippen molar-refractivity contribution in [3.8, 4) is 11.1 Å². The smallest absolute Gasteiger partial charge is 0.254 e. The summed E-state index contributed by atoms with van der Waals surface area (Å²) in [5.74, 6) is 0.0934. The zero-order valence-electron chi connectivity index (χ0n) is 17.2. The molecule has 158 valence electrons. The van der Waals surface area contributed by atoms with Gasteiger partial charge in [0.15, 0.2) is 0 Å². The number of benzene rings is 3. The number of furan rings is 1. The molecule has 3 aromatic carbocycles. The summed E-state index contributed by atoms with van der Waals surface area (Å²) < 4.78 is 28.8. The number of likely N-dealkylation sites (tertiary alicyclic amines) is 1. The minimum absolute atomic E-state index is 0.00418. The highest BCUT2D eigenvalue weighted by Crippen LogP contribution is 2.34. The number of nitrogens with zero attached hydrogens (tertiary/aromatic N) is 1. The van der Waals surface area contributed by atoms with Gasteiger partial charge in [-0.3, -0.25) is 4.79 Å². The van der Waals surface area contributed by atoms with E-state index in [0.29, 0.717) is 18.7 Å². The van der Waals surface area contributed by atoms with Crippen molar-refractivity contribution in [2.45, 2.75) is 6.42 Å². The molecule has 31 heavy (non-hydrogen) atoms. The second kappa shape index (κ2) is 7.54. The van der Waals surface area contributed by atoms with E-state index in [9.17, 15) is 13.2 Å². The highest BCUT2D eigenvalue weighted by Gasteiger charge is 2.30. The number of hydrogen-bond acceptors (Lipinski definition) is 4. The third kappa shape index (κ3) is 3.83. The second-order valence-corrected chi connectivity index (χ2v) is 10.6. The van der Waals surface area contributed by atoms with Crippen LogP contribution in [-0.4, -0.2) is 44.3 Å². The van der Waals surface area contributed by atoms with Crippen LogP contribution in [-0.2, 0) is 9.84 Å². The van der Waals surface area contributed by atoms with Crippen LogP contribution in [0.15, 0.2) is 71.3 Å². The molecule has 2 heterocycles. The van der Waals surface area contributed by atoms with Gasteiger partial charge in [0.2, 0.25) is 0 Å². The van der Waals surface area contributed by atoms with Crippen LogP contribution in [0.3, 0.4) is 0 Å². The molecule has 1 saturated heterocycles. The lowest BCUT2D eigenvalue weighted by Crippen LogP contribution is -2.29. The average Bonchev–Trinajstić information content (AvgIpc) is 3.40. The molecule has 6 heteroatoms. The van der Waals surface area contributed by atoms with Gasteiger partial charge in [0, 0.05) is 30.3 Å². The fourth-order valence-corrected chi connectivity index (χ4v) is 5.74. The molecule has 1 aromatic heterocycles. The van der Waals surface area contributed by atoms with Crippen molar-refractivity contribution in [3.05, 3.63) is 72.5 Å². The van der Waals surface area contributed by atoms with E-state index in [1.807, 2.05) is 54.6 Å². The number of sulfone groups is 1. The van der Waals surface area contributed by atoms with Gasteiger partial charge in [-0.2, -0.15) is 0 Å². The first kappa shape index (κ1) is 19.8. The highest BCUT2D eigenvalue weighted by atomic mass is 32.2. The third-order valence-electron chi connectivity index (χ3n) is 6.03. The molecule has 1 unspecified atom stereocenters. The van der Waals surface area contributed by atoms with Gasteiger partial charge in [0.05, 0.1) is 12.0 Å². The van der Waals surface area contributed by atoms with Crippen molar-refractivity contribution in [1.82, 2.24) is 4.90 Å². The highest BCUT2D eigenvalue weighted by molar-refractivity contribution is 7.90. The molecule has 1 aliphatic heterocycles. The Morgan fingerprint density at radius 3 is 2.68 bits per heavy atom. The predicted molar refractivity (Wildman–Crippen MR) is 123 cm³/mol. The maximum absolute atomic E-state index is 13.3. The van der Waals surface area contributed by atoms with E-state index in [4.69, 9.17) is 4.42 Å². The minimum atomic E-state index is -3.05. The lowest BCUT2D eigenvalue weighted by Gasteiger charge is -2.19. The maximum Gasteiger partial charge on any atom is 0.254 e. The number of fused-ring (bicyclic) bond motifs is 2. The first-order valence-electron chi connectivity index (χ1n) is 10.4. The Hall–Kier alpha value is -3.12. The van der Waals surface area contributed by atoms with Crippen LogP contribution < -0.4 is 0 Å². The van der Waals surface area contributed by atoms with Crippen LogP contribution in [0.2, 0.25) is 0 Å². The summed E-state index contributed by atoms with van der Waals surface area (Å²) >= 11 is 0. The average molecular weight is 434 g/mol. The summed E-state index contributed by atoms with van der Waals surface area (Å²) in [5, 5.41) is 2.96. The van der Waals surface area contributed by atoms with Crippen LogP contribution in [0.1, 0.15) is 16.8 Å². The third-order valence-corrected chi connectivity index (χ3v) is 7.11. The lowest BCUT2D eigenvalue weighted by molar-refractivity contribution is 0.0790. The predicted octanol–water partition coefficient (Wildman–Crippen LogP) is 4.76. The van der Waals surface area contributed by atoms with Gasteiger partial charge in [0.1, 0.15) is 15.4 Å². The zero-order chi connectivity index (χ0) is 21.6. The van der Waals surface area contributed by atoms with Crippen molar-refractivity contribution < 1.29 is 17.6 Å². The van der Waals surface area contributed by atoms with Crippen LogP contribution in [0, 0.1) is 5.92 Å². The summed E-state index contributed by atoms with van der Waals surface area (Å²) in [7, 11) is -3.05. The Labute approximate surface area is 181 Å². The Balaban J connectivity index is 1.51. The first-order valence-corrected chi connectivity index (χ1v) is 12.4. The molecule has 1 fully saturated rings. The SMILES string of the molecule is CS(=O)(=O)CC1CCN(C(=O)c2ccc(-c3ccc4ccoc4c3)c3ccccc23)C1. The summed E-state index contributed by atoms with van der Waals surface area (Å²) in [5.41, 5.74) is 3.56. The first-order chi connectivity index (χ1) is 14.9. The van der Waals surface area contributed by atoms with Crippen LogP contribution in [0.4, 0.5) is 0 Å². The molecule has 0 radical (unpaired) electrons. The van der Waals surface area contributed by atoms with Gasteiger partial charge in [0.25, 0.3) is 5.91 Å². The summed E-state index contributed by atoms with van der Waals surface area (Å²) in [6.45, 7) is 1.07. The molecule has 1 aliphatic rings. The number of rotatable bonds is 4. The Kier molecular flexibility index (Phi) is 4.82. The van der Waals surface area contributed by atoms with E-state index in [1.165, 1.54) is 6.26 Å². The topological polar surface area (TPSA) is 67.6 Å². The van der Waals surface area contributed by atoms with Crippen molar-refractivity contribution in [3.63, 3.8) is 0 Å². The van der Waals surface area contributed by atoms with Gasteiger partial charge in [-0.05, 0) is 52.4 Å². The standard InChI is InChI=1S/C25H23NO4S/c1-31(28,29)16-17-10-12-26(15-17)25(27)23-9-8-20(21-4-2-3-5-22(21)23)19-7-6-18-11-13-30-24(18)14-19/h2-9,11,13-14,17H,10,12,15-16H2,1H3. The summed E-state index contributed by atoms with van der Waals surface area (Å²) in [4.78, 5) is 15.1. The Morgan fingerprint density at radius 2 is 1.87 bits per heavy atom. The minimum Gasteiger partial charge on any atom is -0.464 e. The fourth-order valence-electron chi connectivity index (χ4n) is 4.61. The molecule has 0 spiro atoms. The van der Waals surface area contributed by atoms with E-state index in [2.05, 4.69) is 6.07 Å². The molecule has 1 atom stereocenters. The maximum atomic E-state index is 13.3. The monoisotopic (exact) mass is 433 g/mol. The number of amides is 1. The Bertz CT molecular complexity index is 1400. The van der Waals surface area contributed by atoms with Gasteiger partial charge in [-0.25, -0.2) is 8.42 Å². The number of carbonyl (C=O) groups is 1. The molecule has 0 aliphatic carbocycles. The van der Waals surface area contributed by atoms with Gasteiger partial charge < -0.3 is 9.32 Å². The van der Waals surface area contributed by atoms with Crippen LogP contribution >= 0.6 is 0 Å². The number of carbonyl (C=O) groups excluding carboxylic acids is 1. The largest absolute Gasteiger partial charge is 0.464 e. The molecule has 5 rings (SSSR count). The molecular formula is C25H23NO4S. The van der Waals surface area contributed by atoms with E-state index < -0.39 is 9.84 Å². The van der Waals surface area contributed by atoms with Gasteiger partial charge >= 0.3 is 0 Å². The van der Waals surface area contributed by atoms with Crippen LogP contribution in [0.5, 0.6) is 0 Å². The molecular weight excluding hydrogens is 410 g/mol. The quantitative estimate of drug-likeness (QED) is 0.465. The molecule has 1 amide bonds. The fraction of sp³-hybridized carbons (Fsp3) is 0.240. The molecule has 5 nitrogen and oxygen atoms in total. The second-order valence-electron chi connectivity index (χ2n) is 8.38. The van der Waals surface area contributed by atoms with Crippen molar-refractivity contribution >= 4 is 37.5 Å². The van der Waals surface area contributed by atoms with Crippen molar-refractivity contribution in [2.24, 2.45) is 5.92 Å². The van der Waals surface area contributed by atoms with E-state index in [1.54, 1.807) is 11.2 Å². The molecule has 4 aromatic rings. The summed E-state index contributed by atoms with van der Waals surface area (Å²) in [6.07, 6.45) is 3.66. The summed E-state index contributed by atoms with van der Waals surface area (Å²) in [6, 6.07) is 19.9. The normalized spacial score (nSPS) is 16.9. The molecule has 0 bridgehead atoms. The van der Waals surface area contributed by atoms with Crippen LogP contribution in [0.25, 0.3) is 32.9 Å². The van der Waals surface area contributed by atoms with Crippen molar-refractivity contribution in [1.29, 1.82) is 0 Å². The zero-order valence-corrected chi connectivity index (χ0v) is 18.1. The van der Waals surface area contributed by atoms with E-state index >= 15 is 0 Å². The van der Waals surface area contributed by atoms with E-state index in [-0.39, 0.29) is 17.6 Å². The Morgan fingerprint density at radius 1 is 1.06 bits per heavy atom.